The highest BCUT2D eigenvalue weighted by Gasteiger charge is 2.26. The van der Waals surface area contributed by atoms with Gasteiger partial charge in [0.25, 0.3) is 10.1 Å². The normalized spacial score (nSPS) is 18.8. The number of rotatable bonds is 7. The Kier molecular flexibility index (Phi) is 6.10. The third-order valence-electron chi connectivity index (χ3n) is 4.01. The Morgan fingerprint density at radius 2 is 1.88 bits per heavy atom. The number of carbonyl (C=O) groups excluding carboxylic acids is 1. The highest BCUT2D eigenvalue weighted by atomic mass is 32.2. The minimum absolute atomic E-state index is 0.0251. The van der Waals surface area contributed by atoms with Gasteiger partial charge in [0.15, 0.2) is 5.78 Å². The topological polar surface area (TPSA) is 80.7 Å². The summed E-state index contributed by atoms with van der Waals surface area (Å²) < 4.78 is 29.0. The first-order valence-electron chi connectivity index (χ1n) is 7.83. The minimum Gasteiger partial charge on any atom is -0.388 e. The summed E-state index contributed by atoms with van der Waals surface area (Å²) in [7, 11) is -3.74. The van der Waals surface area contributed by atoms with E-state index in [1.807, 2.05) is 6.92 Å². The molecule has 0 aromatic heterocycles. The van der Waals surface area contributed by atoms with E-state index >= 15 is 0 Å². The fourth-order valence-electron chi connectivity index (χ4n) is 2.47. The Morgan fingerprint density at radius 3 is 2.46 bits per heavy atom. The number of hydrogen-bond acceptors (Lipinski definition) is 5. The van der Waals surface area contributed by atoms with Crippen LogP contribution in [0.4, 0.5) is 0 Å². The average Bonchev–Trinajstić information content (AvgIpc) is 2.77. The number of aliphatic hydroxyl groups is 1. The van der Waals surface area contributed by atoms with Gasteiger partial charge in [-0.2, -0.15) is 8.42 Å². The number of Topliss-reactive ketones (excluding diaryl/α,β-unsaturated/α-hetero) is 1. The predicted molar refractivity (Wildman–Crippen MR) is 91.0 cm³/mol. The molecule has 1 N–H and O–H groups in total. The van der Waals surface area contributed by atoms with Crippen molar-refractivity contribution in [3.63, 3.8) is 0 Å². The van der Waals surface area contributed by atoms with Crippen LogP contribution >= 0.6 is 0 Å². The van der Waals surface area contributed by atoms with E-state index in [0.717, 1.165) is 11.1 Å². The first kappa shape index (κ1) is 18.6. The smallest absolute Gasteiger partial charge is 0.296 e. The van der Waals surface area contributed by atoms with Gasteiger partial charge in [-0.05, 0) is 44.4 Å². The Hall–Kier alpha value is -1.76. The van der Waals surface area contributed by atoms with Crippen molar-refractivity contribution in [2.24, 2.45) is 0 Å². The second kappa shape index (κ2) is 7.88. The molecular formula is C18H22O5S. The fourth-order valence-corrected chi connectivity index (χ4v) is 3.39. The highest BCUT2D eigenvalue weighted by molar-refractivity contribution is 7.86. The van der Waals surface area contributed by atoms with Gasteiger partial charge in [0.2, 0.25) is 0 Å². The Labute approximate surface area is 142 Å². The SMILES string of the molecule is CC1=C(C/C=C\CCOS(=O)(=O)c2ccc(C)cc2)C(=O)C[C@@H]1O. The lowest BCUT2D eigenvalue weighted by molar-refractivity contribution is -0.115. The van der Waals surface area contributed by atoms with E-state index in [4.69, 9.17) is 4.18 Å². The van der Waals surface area contributed by atoms with E-state index in [2.05, 4.69) is 0 Å². The Bertz CT molecular complexity index is 757. The molecule has 2 rings (SSSR count). The van der Waals surface area contributed by atoms with Crippen LogP contribution in [0.1, 0.15) is 31.7 Å². The number of allylic oxidation sites excluding steroid dienone is 2. The van der Waals surface area contributed by atoms with Crippen molar-refractivity contribution >= 4 is 15.9 Å². The quantitative estimate of drug-likeness (QED) is 0.464. The van der Waals surface area contributed by atoms with Crippen LogP contribution in [0.5, 0.6) is 0 Å². The average molecular weight is 350 g/mol. The largest absolute Gasteiger partial charge is 0.388 e. The van der Waals surface area contributed by atoms with Crippen molar-refractivity contribution < 1.29 is 22.5 Å². The molecule has 1 aromatic rings. The van der Waals surface area contributed by atoms with Crippen molar-refractivity contribution in [3.05, 3.63) is 53.1 Å². The van der Waals surface area contributed by atoms with E-state index < -0.39 is 16.2 Å². The van der Waals surface area contributed by atoms with Gasteiger partial charge in [-0.25, -0.2) is 0 Å². The number of aliphatic hydroxyl groups excluding tert-OH is 1. The van der Waals surface area contributed by atoms with Crippen molar-refractivity contribution in [2.45, 2.75) is 44.1 Å². The second-order valence-electron chi connectivity index (χ2n) is 5.86. The fraction of sp³-hybridized carbons (Fsp3) is 0.389. The third kappa shape index (κ3) is 4.63. The monoisotopic (exact) mass is 350 g/mol. The van der Waals surface area contributed by atoms with Crippen LogP contribution in [0.15, 0.2) is 52.5 Å². The number of ketones is 1. The molecule has 0 saturated carbocycles. The molecule has 0 bridgehead atoms. The van der Waals surface area contributed by atoms with Gasteiger partial charge in [-0.3, -0.25) is 8.98 Å². The summed E-state index contributed by atoms with van der Waals surface area (Å²) >= 11 is 0. The number of benzene rings is 1. The molecule has 0 amide bonds. The van der Waals surface area contributed by atoms with E-state index in [-0.39, 0.29) is 23.7 Å². The molecule has 130 valence electrons. The lowest BCUT2D eigenvalue weighted by atomic mass is 10.1. The zero-order valence-corrected chi connectivity index (χ0v) is 14.7. The molecule has 0 spiro atoms. The molecule has 0 aliphatic heterocycles. The molecule has 1 aliphatic carbocycles. The van der Waals surface area contributed by atoms with E-state index in [1.165, 1.54) is 12.1 Å². The molecule has 1 atom stereocenters. The molecule has 0 heterocycles. The minimum atomic E-state index is -3.74. The van der Waals surface area contributed by atoms with E-state index in [1.54, 1.807) is 31.2 Å². The molecule has 1 aliphatic rings. The van der Waals surface area contributed by atoms with Crippen LogP contribution in [0.3, 0.4) is 0 Å². The lowest BCUT2D eigenvalue weighted by Crippen LogP contribution is -2.07. The summed E-state index contributed by atoms with van der Waals surface area (Å²) in [6, 6.07) is 6.48. The zero-order chi connectivity index (χ0) is 17.7. The molecule has 0 saturated heterocycles. The Balaban J connectivity index is 1.80. The van der Waals surface area contributed by atoms with Gasteiger partial charge in [-0.1, -0.05) is 29.8 Å². The first-order chi connectivity index (χ1) is 11.3. The number of carbonyl (C=O) groups is 1. The molecular weight excluding hydrogens is 328 g/mol. The van der Waals surface area contributed by atoms with Gasteiger partial charge >= 0.3 is 0 Å². The molecule has 0 unspecified atom stereocenters. The molecule has 0 radical (unpaired) electrons. The molecule has 5 nitrogen and oxygen atoms in total. The molecule has 6 heteroatoms. The predicted octanol–water partition coefficient (Wildman–Crippen LogP) is 2.69. The van der Waals surface area contributed by atoms with Gasteiger partial charge in [0.1, 0.15) is 0 Å². The van der Waals surface area contributed by atoms with Crippen LogP contribution in [0.2, 0.25) is 0 Å². The molecule has 24 heavy (non-hydrogen) atoms. The van der Waals surface area contributed by atoms with Crippen LogP contribution in [0.25, 0.3) is 0 Å². The summed E-state index contributed by atoms with van der Waals surface area (Å²) in [5, 5.41) is 9.60. The van der Waals surface area contributed by atoms with Crippen LogP contribution in [0, 0.1) is 6.92 Å². The summed E-state index contributed by atoms with van der Waals surface area (Å²) in [4.78, 5) is 11.8. The zero-order valence-electron chi connectivity index (χ0n) is 13.9. The van der Waals surface area contributed by atoms with Crippen LogP contribution in [-0.4, -0.2) is 32.0 Å². The maximum atomic E-state index is 12.0. The summed E-state index contributed by atoms with van der Waals surface area (Å²) in [5.41, 5.74) is 2.35. The summed E-state index contributed by atoms with van der Waals surface area (Å²) in [6.45, 7) is 3.69. The third-order valence-corrected chi connectivity index (χ3v) is 5.34. The van der Waals surface area contributed by atoms with E-state index in [9.17, 15) is 18.3 Å². The lowest BCUT2D eigenvalue weighted by Gasteiger charge is -2.04. The number of hydrogen-bond donors (Lipinski definition) is 1. The van der Waals surface area contributed by atoms with Crippen molar-refractivity contribution in [1.82, 2.24) is 0 Å². The van der Waals surface area contributed by atoms with Crippen LogP contribution in [-0.2, 0) is 19.1 Å². The number of aryl methyl sites for hydroxylation is 1. The molecule has 0 fully saturated rings. The van der Waals surface area contributed by atoms with Gasteiger partial charge in [0.05, 0.1) is 17.6 Å². The second-order valence-corrected chi connectivity index (χ2v) is 7.47. The van der Waals surface area contributed by atoms with Crippen molar-refractivity contribution in [2.75, 3.05) is 6.61 Å². The first-order valence-corrected chi connectivity index (χ1v) is 9.24. The molecule has 1 aromatic carbocycles. The highest BCUT2D eigenvalue weighted by Crippen LogP contribution is 2.25. The summed E-state index contributed by atoms with van der Waals surface area (Å²) in [5.74, 6) is -0.0251. The van der Waals surface area contributed by atoms with E-state index in [0.29, 0.717) is 18.4 Å². The van der Waals surface area contributed by atoms with Gasteiger partial charge < -0.3 is 5.11 Å². The standard InChI is InChI=1S/C18H22O5S/c1-13-7-9-15(10-8-13)24(21,22)23-11-5-3-4-6-16-14(2)17(19)12-18(16)20/h3-4,7-10,17,19H,5-6,11-12H2,1-2H3/b4-3-/t17-/m0/s1. The maximum absolute atomic E-state index is 12.0. The summed E-state index contributed by atoms with van der Waals surface area (Å²) in [6.07, 6.45) is 3.96. The Morgan fingerprint density at radius 1 is 1.21 bits per heavy atom. The van der Waals surface area contributed by atoms with Crippen molar-refractivity contribution in [3.8, 4) is 0 Å². The van der Waals surface area contributed by atoms with Gasteiger partial charge in [0, 0.05) is 12.0 Å². The van der Waals surface area contributed by atoms with Crippen LogP contribution < -0.4 is 0 Å². The van der Waals surface area contributed by atoms with Gasteiger partial charge in [-0.15, -0.1) is 0 Å². The van der Waals surface area contributed by atoms with Crippen molar-refractivity contribution in [1.29, 1.82) is 0 Å². The maximum Gasteiger partial charge on any atom is 0.296 e.